The first kappa shape index (κ1) is 25.7. The quantitative estimate of drug-likeness (QED) is 0.157. The molecule has 0 bridgehead atoms. The molecule has 0 aliphatic heterocycles. The van der Waals surface area contributed by atoms with Gasteiger partial charge in [-0.15, -0.1) is 9.24 Å². The van der Waals surface area contributed by atoms with E-state index >= 15 is 0 Å². The second-order valence-corrected chi connectivity index (χ2v) is 10.4. The number of hydrogen-bond acceptors (Lipinski definition) is 0. The maximum atomic E-state index is 3.29. The van der Waals surface area contributed by atoms with Crippen LogP contribution in [0, 0.1) is 0 Å². The monoisotopic (exact) mass is 458 g/mol. The van der Waals surface area contributed by atoms with Gasteiger partial charge in [0.25, 0.3) is 0 Å². The van der Waals surface area contributed by atoms with Crippen LogP contribution in [0.3, 0.4) is 0 Å². The standard InChI is InChI=1S/C32H43P/c1-2-3-4-5-6-7-8-9-10-20-27-31(28-21-14-11-15-22-28)32(33,29-23-16-12-17-24-29)30-25-18-13-19-26-30/h11-19,21-26,31H,2-10,20,27,33H2,1H3. The smallest absolute Gasteiger partial charge is 0.0412 e. The minimum Gasteiger partial charge on any atom is -0.121 e. The Balaban J connectivity index is 1.70. The van der Waals surface area contributed by atoms with Crippen molar-refractivity contribution in [3.63, 3.8) is 0 Å². The normalized spacial score (nSPS) is 12.5. The van der Waals surface area contributed by atoms with Gasteiger partial charge in [-0.2, -0.15) is 0 Å². The van der Waals surface area contributed by atoms with Crippen LogP contribution in [0.1, 0.15) is 100 Å². The summed E-state index contributed by atoms with van der Waals surface area (Å²) in [5, 5.41) is -0.136. The fourth-order valence-corrected chi connectivity index (χ4v) is 5.92. The zero-order valence-electron chi connectivity index (χ0n) is 20.6. The fourth-order valence-electron chi connectivity index (χ4n) is 5.18. The van der Waals surface area contributed by atoms with E-state index in [-0.39, 0.29) is 5.16 Å². The van der Waals surface area contributed by atoms with Gasteiger partial charge in [0.2, 0.25) is 0 Å². The highest BCUT2D eigenvalue weighted by Crippen LogP contribution is 2.51. The van der Waals surface area contributed by atoms with Gasteiger partial charge in [0.05, 0.1) is 0 Å². The summed E-state index contributed by atoms with van der Waals surface area (Å²) in [6.45, 7) is 2.29. The van der Waals surface area contributed by atoms with Gasteiger partial charge in [-0.3, -0.25) is 0 Å². The Bertz CT molecular complexity index is 833. The van der Waals surface area contributed by atoms with Crippen molar-refractivity contribution < 1.29 is 0 Å². The van der Waals surface area contributed by atoms with E-state index in [2.05, 4.69) is 107 Å². The van der Waals surface area contributed by atoms with Crippen LogP contribution in [-0.2, 0) is 5.16 Å². The maximum Gasteiger partial charge on any atom is 0.0412 e. The molecule has 2 atom stereocenters. The lowest BCUT2D eigenvalue weighted by Crippen LogP contribution is -2.29. The highest BCUT2D eigenvalue weighted by Gasteiger charge is 2.38. The molecule has 0 aromatic heterocycles. The number of hydrogen-bond donors (Lipinski definition) is 0. The lowest BCUT2D eigenvalue weighted by molar-refractivity contribution is 0.476. The molecular formula is C32H43P. The van der Waals surface area contributed by atoms with E-state index in [1.807, 2.05) is 0 Å². The van der Waals surface area contributed by atoms with Crippen LogP contribution >= 0.6 is 9.24 Å². The summed E-state index contributed by atoms with van der Waals surface area (Å²) in [5.41, 5.74) is 4.19. The van der Waals surface area contributed by atoms with E-state index in [9.17, 15) is 0 Å². The highest BCUT2D eigenvalue weighted by molar-refractivity contribution is 7.19. The molecule has 176 valence electrons. The Hall–Kier alpha value is -1.91. The summed E-state index contributed by atoms with van der Waals surface area (Å²) in [4.78, 5) is 0. The Morgan fingerprint density at radius 1 is 0.545 bits per heavy atom. The average Bonchev–Trinajstić information content (AvgIpc) is 2.88. The molecule has 2 unspecified atom stereocenters. The van der Waals surface area contributed by atoms with Crippen molar-refractivity contribution in [2.45, 2.75) is 88.6 Å². The maximum absolute atomic E-state index is 3.29. The Morgan fingerprint density at radius 2 is 0.939 bits per heavy atom. The van der Waals surface area contributed by atoms with E-state index in [4.69, 9.17) is 0 Å². The van der Waals surface area contributed by atoms with E-state index in [1.54, 1.807) is 0 Å². The van der Waals surface area contributed by atoms with E-state index in [0.717, 1.165) is 0 Å². The molecule has 0 radical (unpaired) electrons. The van der Waals surface area contributed by atoms with Gasteiger partial charge in [0.1, 0.15) is 0 Å². The van der Waals surface area contributed by atoms with E-state index in [0.29, 0.717) is 5.92 Å². The molecule has 3 rings (SSSR count). The SMILES string of the molecule is CCCCCCCCCCCCC(c1ccccc1)C(P)(c1ccccc1)c1ccccc1. The molecule has 0 N–H and O–H groups in total. The van der Waals surface area contributed by atoms with Crippen molar-refractivity contribution in [1.82, 2.24) is 0 Å². The van der Waals surface area contributed by atoms with Crippen molar-refractivity contribution in [1.29, 1.82) is 0 Å². The van der Waals surface area contributed by atoms with Crippen molar-refractivity contribution in [2.75, 3.05) is 0 Å². The van der Waals surface area contributed by atoms with Gasteiger partial charge < -0.3 is 0 Å². The molecule has 0 aliphatic rings. The predicted molar refractivity (Wildman–Crippen MR) is 149 cm³/mol. The molecule has 0 aliphatic carbocycles. The Kier molecular flexibility index (Phi) is 11.2. The molecule has 0 saturated carbocycles. The van der Waals surface area contributed by atoms with Crippen molar-refractivity contribution in [2.24, 2.45) is 0 Å². The largest absolute Gasteiger partial charge is 0.121 e. The Morgan fingerprint density at radius 3 is 1.39 bits per heavy atom. The van der Waals surface area contributed by atoms with Crippen LogP contribution in [0.5, 0.6) is 0 Å². The summed E-state index contributed by atoms with van der Waals surface area (Å²) in [5.74, 6) is 0.419. The molecule has 0 spiro atoms. The zero-order valence-corrected chi connectivity index (χ0v) is 21.7. The fraction of sp³-hybridized carbons (Fsp3) is 0.438. The molecule has 1 heteroatoms. The van der Waals surface area contributed by atoms with Crippen molar-refractivity contribution in [3.8, 4) is 0 Å². The average molecular weight is 459 g/mol. The summed E-state index contributed by atoms with van der Waals surface area (Å²) in [6.07, 6.45) is 15.0. The van der Waals surface area contributed by atoms with E-state index in [1.165, 1.54) is 87.3 Å². The summed E-state index contributed by atoms with van der Waals surface area (Å²) in [6, 6.07) is 33.3. The first-order valence-corrected chi connectivity index (χ1v) is 13.8. The summed E-state index contributed by atoms with van der Waals surface area (Å²) >= 11 is 0. The highest BCUT2D eigenvalue weighted by atomic mass is 31.0. The second-order valence-electron chi connectivity index (χ2n) is 9.53. The molecule has 33 heavy (non-hydrogen) atoms. The lowest BCUT2D eigenvalue weighted by Gasteiger charge is -2.39. The van der Waals surface area contributed by atoms with Gasteiger partial charge in [0, 0.05) is 11.1 Å². The summed E-state index contributed by atoms with van der Waals surface area (Å²) in [7, 11) is 3.29. The van der Waals surface area contributed by atoms with Gasteiger partial charge in [-0.1, -0.05) is 162 Å². The second kappa shape index (κ2) is 14.4. The van der Waals surface area contributed by atoms with E-state index < -0.39 is 0 Å². The number of unbranched alkanes of at least 4 members (excludes halogenated alkanes) is 9. The van der Waals surface area contributed by atoms with Crippen LogP contribution < -0.4 is 0 Å². The van der Waals surface area contributed by atoms with Crippen LogP contribution in [-0.4, -0.2) is 0 Å². The van der Waals surface area contributed by atoms with Gasteiger partial charge in [0.15, 0.2) is 0 Å². The zero-order chi connectivity index (χ0) is 23.2. The van der Waals surface area contributed by atoms with Gasteiger partial charge >= 0.3 is 0 Å². The van der Waals surface area contributed by atoms with Crippen molar-refractivity contribution in [3.05, 3.63) is 108 Å². The molecule has 3 aromatic rings. The minimum absolute atomic E-state index is 0.136. The molecule has 3 aromatic carbocycles. The molecule has 0 saturated heterocycles. The summed E-state index contributed by atoms with van der Waals surface area (Å²) < 4.78 is 0. The first-order chi connectivity index (χ1) is 16.3. The third-order valence-electron chi connectivity index (χ3n) is 7.10. The molecule has 0 heterocycles. The van der Waals surface area contributed by atoms with Gasteiger partial charge in [-0.25, -0.2) is 0 Å². The minimum atomic E-state index is -0.136. The van der Waals surface area contributed by atoms with Crippen LogP contribution in [0.15, 0.2) is 91.0 Å². The Labute approximate surface area is 205 Å². The molecule has 0 fully saturated rings. The van der Waals surface area contributed by atoms with Crippen LogP contribution in [0.25, 0.3) is 0 Å². The topological polar surface area (TPSA) is 0 Å². The molecular weight excluding hydrogens is 415 g/mol. The first-order valence-electron chi connectivity index (χ1n) is 13.2. The lowest BCUT2D eigenvalue weighted by atomic mass is 9.74. The van der Waals surface area contributed by atoms with Crippen LogP contribution in [0.4, 0.5) is 0 Å². The van der Waals surface area contributed by atoms with Crippen LogP contribution in [0.2, 0.25) is 0 Å². The third-order valence-corrected chi connectivity index (χ3v) is 8.17. The third kappa shape index (κ3) is 7.55. The van der Waals surface area contributed by atoms with Gasteiger partial charge in [-0.05, 0) is 23.1 Å². The van der Waals surface area contributed by atoms with Crippen molar-refractivity contribution >= 4 is 9.24 Å². The molecule has 0 amide bonds. The number of benzene rings is 3. The predicted octanol–water partition coefficient (Wildman–Crippen LogP) is 9.90. The number of rotatable bonds is 15. The molecule has 0 nitrogen and oxygen atoms in total.